The summed E-state index contributed by atoms with van der Waals surface area (Å²) in [6.45, 7) is 1.57. The predicted molar refractivity (Wildman–Crippen MR) is 96.8 cm³/mol. The molecule has 3 aromatic heterocycles. The van der Waals surface area contributed by atoms with Crippen LogP contribution in [-0.2, 0) is 9.84 Å². The lowest BCUT2D eigenvalue weighted by Gasteiger charge is -2.08. The van der Waals surface area contributed by atoms with Crippen LogP contribution in [0.5, 0.6) is 0 Å². The van der Waals surface area contributed by atoms with Gasteiger partial charge in [-0.25, -0.2) is 18.2 Å². The summed E-state index contributed by atoms with van der Waals surface area (Å²) in [6, 6.07) is 6.59. The Kier molecular flexibility index (Phi) is 5.19. The molecule has 0 radical (unpaired) electrons. The average Bonchev–Trinajstić information content (AvgIpc) is 3.08. The standard InChI is InChI=1S/C17H14FN3O4S2/c1-10(21-17(22)23)14-8-13(12-5-3-7-20-15(12)18)16(26-14)27(24,25)11-4-2-6-19-9-11/h2-10,21H,1H3,(H,22,23). The lowest BCUT2D eigenvalue weighted by atomic mass is 10.1. The van der Waals surface area contributed by atoms with Crippen LogP contribution in [-0.4, -0.2) is 29.6 Å². The molecule has 1 unspecified atom stereocenters. The van der Waals surface area contributed by atoms with Crippen LogP contribution in [0.2, 0.25) is 0 Å². The van der Waals surface area contributed by atoms with Gasteiger partial charge < -0.3 is 10.4 Å². The molecular weight excluding hydrogens is 393 g/mol. The van der Waals surface area contributed by atoms with Crippen LogP contribution in [0.4, 0.5) is 9.18 Å². The first kappa shape index (κ1) is 18.9. The second kappa shape index (κ2) is 7.41. The summed E-state index contributed by atoms with van der Waals surface area (Å²) >= 11 is 0.879. The molecule has 0 saturated carbocycles. The fourth-order valence-electron chi connectivity index (χ4n) is 2.45. The Balaban J connectivity index is 2.21. The second-order valence-corrected chi connectivity index (χ2v) is 8.78. The molecule has 0 aliphatic carbocycles. The lowest BCUT2D eigenvalue weighted by molar-refractivity contribution is 0.191. The number of amides is 1. The van der Waals surface area contributed by atoms with Crippen LogP contribution < -0.4 is 5.32 Å². The smallest absolute Gasteiger partial charge is 0.405 e. The van der Waals surface area contributed by atoms with Crippen LogP contribution in [0.1, 0.15) is 17.8 Å². The van der Waals surface area contributed by atoms with Gasteiger partial charge >= 0.3 is 6.09 Å². The molecule has 0 aliphatic heterocycles. The maximum atomic E-state index is 14.2. The Morgan fingerprint density at radius 1 is 1.26 bits per heavy atom. The zero-order valence-corrected chi connectivity index (χ0v) is 15.6. The fraction of sp³-hybridized carbons (Fsp3) is 0.118. The minimum absolute atomic E-state index is 0.0185. The van der Waals surface area contributed by atoms with E-state index in [9.17, 15) is 17.6 Å². The van der Waals surface area contributed by atoms with Crippen molar-refractivity contribution >= 4 is 27.3 Å². The molecule has 0 saturated heterocycles. The first-order valence-corrected chi connectivity index (χ1v) is 10.00. The number of carbonyl (C=O) groups is 1. The highest BCUT2D eigenvalue weighted by molar-refractivity contribution is 7.93. The minimum atomic E-state index is -3.99. The largest absolute Gasteiger partial charge is 0.465 e. The third-order valence-electron chi connectivity index (χ3n) is 3.72. The third-order valence-corrected chi connectivity index (χ3v) is 7.31. The van der Waals surface area contributed by atoms with E-state index in [1.54, 1.807) is 6.92 Å². The molecule has 0 spiro atoms. The fourth-order valence-corrected chi connectivity index (χ4v) is 5.50. The van der Waals surface area contributed by atoms with E-state index in [1.165, 1.54) is 48.9 Å². The summed E-state index contributed by atoms with van der Waals surface area (Å²) in [4.78, 5) is 18.7. The Bertz CT molecular complexity index is 1080. The third kappa shape index (κ3) is 3.81. The molecule has 140 valence electrons. The van der Waals surface area contributed by atoms with Gasteiger partial charge in [-0.15, -0.1) is 11.3 Å². The first-order chi connectivity index (χ1) is 12.8. The molecule has 2 N–H and O–H groups in total. The van der Waals surface area contributed by atoms with Crippen molar-refractivity contribution in [3.8, 4) is 11.1 Å². The molecule has 7 nitrogen and oxygen atoms in total. The molecule has 3 heterocycles. The van der Waals surface area contributed by atoms with Crippen LogP contribution >= 0.6 is 11.3 Å². The number of aromatic nitrogens is 2. The molecule has 10 heteroatoms. The number of sulfone groups is 1. The van der Waals surface area contributed by atoms with Gasteiger partial charge in [-0.1, -0.05) is 0 Å². The molecule has 0 aromatic carbocycles. The number of halogens is 1. The van der Waals surface area contributed by atoms with Crippen LogP contribution in [0.25, 0.3) is 11.1 Å². The molecule has 0 bridgehead atoms. The van der Waals surface area contributed by atoms with E-state index in [1.807, 2.05) is 0 Å². The minimum Gasteiger partial charge on any atom is -0.465 e. The number of hydrogen-bond acceptors (Lipinski definition) is 6. The summed E-state index contributed by atoms with van der Waals surface area (Å²) in [7, 11) is -3.99. The van der Waals surface area contributed by atoms with Crippen LogP contribution in [0.3, 0.4) is 0 Å². The summed E-state index contributed by atoms with van der Waals surface area (Å²) in [6.07, 6.45) is 2.66. The summed E-state index contributed by atoms with van der Waals surface area (Å²) in [5.41, 5.74) is 0.147. The topological polar surface area (TPSA) is 109 Å². The van der Waals surface area contributed by atoms with Gasteiger partial charge in [0.05, 0.1) is 10.9 Å². The van der Waals surface area contributed by atoms with Crippen molar-refractivity contribution < 1.29 is 22.7 Å². The van der Waals surface area contributed by atoms with Crippen molar-refractivity contribution in [1.29, 1.82) is 0 Å². The van der Waals surface area contributed by atoms with Crippen molar-refractivity contribution in [2.75, 3.05) is 0 Å². The highest BCUT2D eigenvalue weighted by Gasteiger charge is 2.28. The van der Waals surface area contributed by atoms with Crippen molar-refractivity contribution in [3.63, 3.8) is 0 Å². The van der Waals surface area contributed by atoms with E-state index in [2.05, 4.69) is 15.3 Å². The maximum Gasteiger partial charge on any atom is 0.405 e. The van der Waals surface area contributed by atoms with E-state index in [0.29, 0.717) is 4.88 Å². The number of carboxylic acid groups (broad SMARTS) is 1. The molecule has 1 amide bonds. The monoisotopic (exact) mass is 407 g/mol. The maximum absolute atomic E-state index is 14.2. The number of nitrogens with zero attached hydrogens (tertiary/aromatic N) is 2. The van der Waals surface area contributed by atoms with Gasteiger partial charge in [-0.3, -0.25) is 4.98 Å². The van der Waals surface area contributed by atoms with Crippen molar-refractivity contribution in [3.05, 3.63) is 59.7 Å². The highest BCUT2D eigenvalue weighted by Crippen LogP contribution is 2.40. The number of thiophene rings is 1. The van der Waals surface area contributed by atoms with Crippen LogP contribution in [0.15, 0.2) is 58.0 Å². The Labute approximate surface area is 158 Å². The van der Waals surface area contributed by atoms with E-state index >= 15 is 0 Å². The molecular formula is C17H14FN3O4S2. The Morgan fingerprint density at radius 3 is 2.63 bits per heavy atom. The molecule has 27 heavy (non-hydrogen) atoms. The number of nitrogens with one attached hydrogen (secondary N) is 1. The Hall–Kier alpha value is -2.85. The predicted octanol–water partition coefficient (Wildman–Crippen LogP) is 3.51. The van der Waals surface area contributed by atoms with Gasteiger partial charge in [0.15, 0.2) is 0 Å². The zero-order chi connectivity index (χ0) is 19.6. The second-order valence-electron chi connectivity index (χ2n) is 5.56. The normalized spacial score (nSPS) is 12.5. The van der Waals surface area contributed by atoms with Gasteiger partial charge in [-0.05, 0) is 37.3 Å². The summed E-state index contributed by atoms with van der Waals surface area (Å²) in [5.74, 6) is -0.816. The van der Waals surface area contributed by atoms with Crippen molar-refractivity contribution in [1.82, 2.24) is 15.3 Å². The average molecular weight is 407 g/mol. The number of rotatable bonds is 5. The summed E-state index contributed by atoms with van der Waals surface area (Å²) < 4.78 is 40.3. The molecule has 0 aliphatic rings. The zero-order valence-electron chi connectivity index (χ0n) is 14.0. The Morgan fingerprint density at radius 2 is 2.00 bits per heavy atom. The number of hydrogen-bond donors (Lipinski definition) is 2. The van der Waals surface area contributed by atoms with E-state index < -0.39 is 27.9 Å². The number of pyridine rings is 2. The van der Waals surface area contributed by atoms with Crippen molar-refractivity contribution in [2.24, 2.45) is 0 Å². The SMILES string of the molecule is CC(NC(=O)O)c1cc(-c2cccnc2F)c(S(=O)(=O)c2cccnc2)s1. The molecule has 3 aromatic rings. The van der Waals surface area contributed by atoms with Crippen LogP contribution in [0, 0.1) is 5.95 Å². The van der Waals surface area contributed by atoms with E-state index in [-0.39, 0.29) is 20.2 Å². The molecule has 3 rings (SSSR count). The van der Waals surface area contributed by atoms with Gasteiger partial charge in [0, 0.05) is 34.6 Å². The molecule has 0 fully saturated rings. The van der Waals surface area contributed by atoms with Crippen molar-refractivity contribution in [2.45, 2.75) is 22.1 Å². The highest BCUT2D eigenvalue weighted by atomic mass is 32.2. The van der Waals surface area contributed by atoms with E-state index in [4.69, 9.17) is 5.11 Å². The summed E-state index contributed by atoms with van der Waals surface area (Å²) in [5, 5.41) is 11.2. The molecule has 1 atom stereocenters. The first-order valence-electron chi connectivity index (χ1n) is 7.70. The van der Waals surface area contributed by atoms with E-state index in [0.717, 1.165) is 11.3 Å². The van der Waals surface area contributed by atoms with Gasteiger partial charge in [0.2, 0.25) is 15.8 Å². The quantitative estimate of drug-likeness (QED) is 0.627. The van der Waals surface area contributed by atoms with Gasteiger partial charge in [0.1, 0.15) is 4.21 Å². The lowest BCUT2D eigenvalue weighted by Crippen LogP contribution is -2.23. The van der Waals surface area contributed by atoms with Gasteiger partial charge in [-0.2, -0.15) is 4.39 Å². The van der Waals surface area contributed by atoms with Gasteiger partial charge in [0.25, 0.3) is 0 Å².